The summed E-state index contributed by atoms with van der Waals surface area (Å²) in [6.07, 6.45) is 0.696. The number of carbonyl (C=O) groups excluding carboxylic acids is 2. The van der Waals surface area contributed by atoms with Gasteiger partial charge in [-0.3, -0.25) is 0 Å². The summed E-state index contributed by atoms with van der Waals surface area (Å²) in [5.41, 5.74) is 5.34. The van der Waals surface area contributed by atoms with Crippen LogP contribution in [0.4, 0.5) is 0 Å². The van der Waals surface area contributed by atoms with Gasteiger partial charge in [-0.1, -0.05) is 58.7 Å². The predicted octanol–water partition coefficient (Wildman–Crippen LogP) is 7.35. The minimum atomic E-state index is -0.309. The van der Waals surface area contributed by atoms with Crippen LogP contribution in [0.5, 0.6) is 23.0 Å². The van der Waals surface area contributed by atoms with Gasteiger partial charge in [-0.15, -0.1) is 0 Å². The van der Waals surface area contributed by atoms with Crippen molar-refractivity contribution < 1.29 is 57.0 Å². The van der Waals surface area contributed by atoms with Crippen LogP contribution >= 0.6 is 0 Å². The Morgan fingerprint density at radius 2 is 0.770 bits per heavy atom. The average Bonchev–Trinajstić information content (AvgIpc) is 3.23. The number of hydrogen-bond acceptors (Lipinski definition) is 13. The molecule has 0 radical (unpaired) electrons. The first-order chi connectivity index (χ1) is 29.3. The first-order valence-corrected chi connectivity index (χ1v) is 20.5. The normalized spacial score (nSPS) is 14.4. The Hall–Kier alpha value is -5.18. The Kier molecular flexibility index (Phi) is 24.6. The fourth-order valence-electron chi connectivity index (χ4n) is 5.92. The van der Waals surface area contributed by atoms with Crippen LogP contribution in [0.15, 0.2) is 84.9 Å². The first kappa shape index (κ1) is 50.2. The molecule has 4 aromatic rings. The van der Waals surface area contributed by atoms with Crippen LogP contribution in [-0.4, -0.2) is 118 Å². The third kappa shape index (κ3) is 20.8. The van der Waals surface area contributed by atoms with Crippen LogP contribution < -0.4 is 24.3 Å². The van der Waals surface area contributed by atoms with Crippen molar-refractivity contribution in [3.8, 4) is 23.0 Å². The van der Waals surface area contributed by atoms with Crippen molar-refractivity contribution in [2.75, 3.05) is 106 Å². The molecule has 0 fully saturated rings. The van der Waals surface area contributed by atoms with Crippen LogP contribution in [0.2, 0.25) is 0 Å². The van der Waals surface area contributed by atoms with Gasteiger partial charge in [0.25, 0.3) is 0 Å². The number of benzene rings is 4. The zero-order chi connectivity index (χ0) is 42.6. The van der Waals surface area contributed by atoms with Crippen LogP contribution in [0.1, 0.15) is 49.4 Å². The summed E-state index contributed by atoms with van der Waals surface area (Å²) in [5.74, 6) is 2.13. The van der Waals surface area contributed by atoms with Gasteiger partial charge < -0.3 is 60.1 Å². The number of nitrogens with one attached hydrogen (secondary N) is 1. The van der Waals surface area contributed by atoms with Gasteiger partial charge in [0, 0.05) is 6.54 Å². The van der Waals surface area contributed by atoms with Crippen molar-refractivity contribution in [3.63, 3.8) is 0 Å². The van der Waals surface area contributed by atoms with Crippen LogP contribution in [-0.2, 0) is 28.4 Å². The maximum absolute atomic E-state index is 12.0. The minimum Gasteiger partial charge on any atom is -0.487 e. The first-order valence-electron chi connectivity index (χ1n) is 20.5. The molecule has 0 saturated carbocycles. The Labute approximate surface area is 361 Å². The highest BCUT2D eigenvalue weighted by Gasteiger charge is 2.10. The predicted molar refractivity (Wildman–Crippen MR) is 234 cm³/mol. The Balaban J connectivity index is 0.000000323. The number of rotatable bonds is 9. The number of aryl methyl sites for hydroxylation is 4. The average molecular weight is 847 g/mol. The van der Waals surface area contributed by atoms with E-state index in [0.29, 0.717) is 146 Å². The summed E-state index contributed by atoms with van der Waals surface area (Å²) in [5, 5.41) is 3.18. The zero-order valence-corrected chi connectivity index (χ0v) is 36.5. The molecule has 1 heterocycles. The second kappa shape index (κ2) is 29.9. The molecule has 0 bridgehead atoms. The summed E-state index contributed by atoms with van der Waals surface area (Å²) in [6.45, 7) is 15.2. The Morgan fingerprint density at radius 3 is 1.11 bits per heavy atom. The van der Waals surface area contributed by atoms with E-state index in [1.807, 2.05) is 113 Å². The summed E-state index contributed by atoms with van der Waals surface area (Å²) >= 11 is 0. The highest BCUT2D eigenvalue weighted by Crippen LogP contribution is 2.27. The summed E-state index contributed by atoms with van der Waals surface area (Å²) in [7, 11) is 0. The largest absolute Gasteiger partial charge is 0.487 e. The van der Waals surface area contributed by atoms with Crippen LogP contribution in [0, 0.1) is 35.1 Å². The highest BCUT2D eigenvalue weighted by molar-refractivity contribution is 5.90. The van der Waals surface area contributed by atoms with Gasteiger partial charge in [0.05, 0.1) is 70.6 Å². The van der Waals surface area contributed by atoms with Crippen molar-refractivity contribution in [3.05, 3.63) is 126 Å². The van der Waals surface area contributed by atoms with Gasteiger partial charge in [-0.25, -0.2) is 9.59 Å². The quantitative estimate of drug-likeness (QED) is 0.102. The molecule has 0 saturated heterocycles. The van der Waals surface area contributed by atoms with E-state index >= 15 is 0 Å². The molecule has 0 unspecified atom stereocenters. The lowest BCUT2D eigenvalue weighted by atomic mass is 10.1. The summed E-state index contributed by atoms with van der Waals surface area (Å²) in [4.78, 5) is 24.1. The van der Waals surface area contributed by atoms with E-state index in [4.69, 9.17) is 47.4 Å². The molecular formula is C48H64NO12-. The van der Waals surface area contributed by atoms with E-state index in [0.717, 1.165) is 22.3 Å². The molecule has 13 heteroatoms. The molecule has 61 heavy (non-hydrogen) atoms. The molecular weight excluding hydrogens is 783 g/mol. The smallest absolute Gasteiger partial charge is 0.338 e. The van der Waals surface area contributed by atoms with E-state index in [1.54, 1.807) is 0 Å². The molecule has 1 N–H and O–H groups in total. The van der Waals surface area contributed by atoms with Crippen molar-refractivity contribution in [1.29, 1.82) is 0 Å². The van der Waals surface area contributed by atoms with Gasteiger partial charge in [-0.05, 0) is 89.2 Å². The van der Waals surface area contributed by atoms with Crippen molar-refractivity contribution in [2.24, 2.45) is 0 Å². The fourth-order valence-corrected chi connectivity index (χ4v) is 5.92. The maximum atomic E-state index is 12.0. The van der Waals surface area contributed by atoms with Gasteiger partial charge >= 0.3 is 11.9 Å². The van der Waals surface area contributed by atoms with Crippen LogP contribution in [0.25, 0.3) is 0 Å². The second-order valence-corrected chi connectivity index (χ2v) is 13.9. The maximum Gasteiger partial charge on any atom is 0.338 e. The van der Waals surface area contributed by atoms with Gasteiger partial charge in [0.2, 0.25) is 0 Å². The molecule has 0 spiro atoms. The number of ether oxygens (including phenoxy) is 10. The fraction of sp³-hybridized carbons (Fsp3) is 0.438. The molecule has 4 aromatic carbocycles. The standard InChI is InChI=1S/C24H32O8.C23H29NO4.CH3/c1-2-6-22-21(5-1)29-17-13-25-9-10-27-15-19-31-23-7-3-4-8-24(23)32-20-16-28-12-11-26-14-18-30-22;1-16-10-17(2)13-20(12-16)22(25)27-8-5-6-24-7-9-28-23(26)21-14-18(3)11-19(4)15-21;/h1-8H,9-20H2;10-15,24H,5-9H2,1-4H3;1H3/q;;-1. The van der Waals surface area contributed by atoms with E-state index in [9.17, 15) is 9.59 Å². The summed E-state index contributed by atoms with van der Waals surface area (Å²) < 4.78 is 55.9. The van der Waals surface area contributed by atoms with Crippen molar-refractivity contribution in [2.45, 2.75) is 34.1 Å². The number of para-hydroxylation sites is 4. The van der Waals surface area contributed by atoms with Crippen molar-refractivity contribution >= 4 is 11.9 Å². The number of fused-ring (bicyclic) bond motifs is 2. The van der Waals surface area contributed by atoms with Crippen molar-refractivity contribution in [1.82, 2.24) is 5.32 Å². The molecule has 0 aliphatic carbocycles. The molecule has 13 nitrogen and oxygen atoms in total. The van der Waals surface area contributed by atoms with Gasteiger partial charge in [-0.2, -0.15) is 0 Å². The third-order valence-electron chi connectivity index (χ3n) is 8.54. The zero-order valence-electron chi connectivity index (χ0n) is 36.5. The van der Waals surface area contributed by atoms with E-state index in [1.165, 1.54) is 0 Å². The molecule has 1 aliphatic heterocycles. The van der Waals surface area contributed by atoms with E-state index in [-0.39, 0.29) is 19.4 Å². The number of esters is 2. The Bertz CT molecular complexity index is 1620. The lowest BCUT2D eigenvalue weighted by Gasteiger charge is -2.14. The van der Waals surface area contributed by atoms with E-state index < -0.39 is 0 Å². The van der Waals surface area contributed by atoms with Gasteiger partial charge in [0.15, 0.2) is 23.0 Å². The third-order valence-corrected chi connectivity index (χ3v) is 8.54. The SMILES string of the molecule is Cc1cc(C)cc(C(=O)OCCCNCCOC(=O)c2cc(C)cc(C)c2)c1.[CH3-].c1ccc2c(c1)OCCOCCOCCOc1ccccc1OCCOCCOCCO2. The molecule has 0 aromatic heterocycles. The topological polar surface area (TPSA) is 138 Å². The molecule has 1 aliphatic rings. The Morgan fingerprint density at radius 1 is 0.459 bits per heavy atom. The lowest BCUT2D eigenvalue weighted by Crippen LogP contribution is -2.23. The minimum absolute atomic E-state index is 0. The molecule has 5 rings (SSSR count). The van der Waals surface area contributed by atoms with Crippen LogP contribution in [0.3, 0.4) is 0 Å². The second-order valence-electron chi connectivity index (χ2n) is 13.9. The number of hydrogen-bond donors (Lipinski definition) is 1. The monoisotopic (exact) mass is 846 g/mol. The molecule has 0 amide bonds. The van der Waals surface area contributed by atoms with Gasteiger partial charge in [0.1, 0.15) is 33.0 Å². The summed E-state index contributed by atoms with van der Waals surface area (Å²) in [6, 6.07) is 26.5. The lowest BCUT2D eigenvalue weighted by molar-refractivity contribution is 0.0223. The van der Waals surface area contributed by atoms with E-state index in [2.05, 4.69) is 5.32 Å². The molecule has 0 atom stereocenters. The highest BCUT2D eigenvalue weighted by atomic mass is 16.6. The number of carbonyl (C=O) groups is 2. The molecule has 334 valence electrons.